The zero-order chi connectivity index (χ0) is 24.2. The second-order valence-electron chi connectivity index (χ2n) is 8.73. The molecule has 2 N–H and O–H groups in total. The first-order valence-corrected chi connectivity index (χ1v) is 11.7. The van der Waals surface area contributed by atoms with Gasteiger partial charge in [0.25, 0.3) is 5.56 Å². The van der Waals surface area contributed by atoms with Crippen molar-refractivity contribution in [3.63, 3.8) is 0 Å². The standard InChI is InChI=1S/C28H28FN3OS/c1-18-13-19(2)25-15-23(27(33)31-26(25)14-18)17-32(16-21-9-11-24(29)12-10-21)28(34)30-20(3)22-7-5-4-6-8-22/h4-15,20H,16-17H2,1-3H3,(H,30,34)(H,31,33)/t20-/m1/s1. The van der Waals surface area contributed by atoms with E-state index in [1.165, 1.54) is 12.1 Å². The van der Waals surface area contributed by atoms with Crippen LogP contribution in [0.3, 0.4) is 0 Å². The number of benzene rings is 3. The van der Waals surface area contributed by atoms with Gasteiger partial charge < -0.3 is 15.2 Å². The van der Waals surface area contributed by atoms with Crippen molar-refractivity contribution in [1.82, 2.24) is 15.2 Å². The number of H-pyrrole nitrogens is 1. The lowest BCUT2D eigenvalue weighted by atomic mass is 10.0. The van der Waals surface area contributed by atoms with Crippen molar-refractivity contribution >= 4 is 28.2 Å². The van der Waals surface area contributed by atoms with E-state index in [0.717, 1.165) is 33.2 Å². The summed E-state index contributed by atoms with van der Waals surface area (Å²) < 4.78 is 13.5. The smallest absolute Gasteiger partial charge is 0.253 e. The highest BCUT2D eigenvalue weighted by Gasteiger charge is 2.17. The average molecular weight is 474 g/mol. The molecule has 34 heavy (non-hydrogen) atoms. The number of hydrogen-bond acceptors (Lipinski definition) is 2. The van der Waals surface area contributed by atoms with Crippen molar-refractivity contribution in [2.24, 2.45) is 0 Å². The van der Waals surface area contributed by atoms with Crippen LogP contribution in [-0.2, 0) is 13.1 Å². The molecule has 1 aromatic heterocycles. The number of fused-ring (bicyclic) bond motifs is 1. The van der Waals surface area contributed by atoms with Gasteiger partial charge in [-0.25, -0.2) is 4.39 Å². The summed E-state index contributed by atoms with van der Waals surface area (Å²) >= 11 is 5.79. The van der Waals surface area contributed by atoms with Crippen LogP contribution in [0.2, 0.25) is 0 Å². The van der Waals surface area contributed by atoms with Crippen LogP contribution in [0.5, 0.6) is 0 Å². The van der Waals surface area contributed by atoms with E-state index in [9.17, 15) is 9.18 Å². The topological polar surface area (TPSA) is 48.1 Å². The van der Waals surface area contributed by atoms with E-state index < -0.39 is 0 Å². The van der Waals surface area contributed by atoms with Gasteiger partial charge in [-0.3, -0.25) is 4.79 Å². The fourth-order valence-electron chi connectivity index (χ4n) is 4.15. The molecule has 0 radical (unpaired) electrons. The third kappa shape index (κ3) is 5.51. The molecule has 0 saturated heterocycles. The third-order valence-corrected chi connectivity index (χ3v) is 6.34. The molecular formula is C28H28FN3OS. The van der Waals surface area contributed by atoms with E-state index >= 15 is 0 Å². The first kappa shape index (κ1) is 23.6. The molecule has 0 spiro atoms. The number of aryl methyl sites for hydroxylation is 2. The fourth-order valence-corrected chi connectivity index (χ4v) is 4.46. The molecule has 6 heteroatoms. The molecule has 0 aliphatic carbocycles. The van der Waals surface area contributed by atoms with Crippen LogP contribution in [0.25, 0.3) is 10.9 Å². The Hall–Kier alpha value is -3.51. The lowest BCUT2D eigenvalue weighted by Crippen LogP contribution is -2.41. The number of pyridine rings is 1. The number of aromatic amines is 1. The van der Waals surface area contributed by atoms with Crippen LogP contribution in [0.1, 0.15) is 40.8 Å². The minimum atomic E-state index is -0.287. The first-order chi connectivity index (χ1) is 16.3. The summed E-state index contributed by atoms with van der Waals surface area (Å²) in [5, 5.41) is 4.94. The number of rotatable bonds is 6. The molecule has 4 aromatic rings. The number of aromatic nitrogens is 1. The largest absolute Gasteiger partial charge is 0.356 e. The molecular weight excluding hydrogens is 445 g/mol. The number of nitrogens with one attached hydrogen (secondary N) is 2. The summed E-state index contributed by atoms with van der Waals surface area (Å²) in [5.74, 6) is -0.287. The molecule has 0 fully saturated rings. The van der Waals surface area contributed by atoms with Crippen LogP contribution in [0.4, 0.5) is 4.39 Å². The van der Waals surface area contributed by atoms with Gasteiger partial charge >= 0.3 is 0 Å². The Bertz CT molecular complexity index is 1370. The normalized spacial score (nSPS) is 11.9. The van der Waals surface area contributed by atoms with Crippen LogP contribution < -0.4 is 10.9 Å². The molecule has 1 atom stereocenters. The molecule has 0 saturated carbocycles. The highest BCUT2D eigenvalue weighted by molar-refractivity contribution is 7.80. The van der Waals surface area contributed by atoms with Gasteiger partial charge in [0, 0.05) is 23.0 Å². The van der Waals surface area contributed by atoms with E-state index in [0.29, 0.717) is 23.8 Å². The van der Waals surface area contributed by atoms with Crippen LogP contribution in [-0.4, -0.2) is 15.0 Å². The van der Waals surface area contributed by atoms with E-state index in [4.69, 9.17) is 12.2 Å². The van der Waals surface area contributed by atoms with Gasteiger partial charge in [0.15, 0.2) is 5.11 Å². The molecule has 0 bridgehead atoms. The van der Waals surface area contributed by atoms with Crippen LogP contribution in [0, 0.1) is 19.7 Å². The monoisotopic (exact) mass is 473 g/mol. The Morgan fingerprint density at radius 2 is 1.74 bits per heavy atom. The van der Waals surface area contributed by atoms with Gasteiger partial charge in [-0.05, 0) is 79.5 Å². The predicted molar refractivity (Wildman–Crippen MR) is 140 cm³/mol. The Morgan fingerprint density at radius 1 is 1.03 bits per heavy atom. The van der Waals surface area contributed by atoms with E-state index in [1.54, 1.807) is 12.1 Å². The Balaban J connectivity index is 1.65. The van der Waals surface area contributed by atoms with Crippen LogP contribution >= 0.6 is 12.2 Å². The van der Waals surface area contributed by atoms with E-state index in [2.05, 4.69) is 16.4 Å². The lowest BCUT2D eigenvalue weighted by molar-refractivity contribution is 0.392. The Kier molecular flexibility index (Phi) is 7.08. The van der Waals surface area contributed by atoms with Crippen molar-refractivity contribution in [3.8, 4) is 0 Å². The zero-order valence-electron chi connectivity index (χ0n) is 19.6. The zero-order valence-corrected chi connectivity index (χ0v) is 20.4. The van der Waals surface area contributed by atoms with Gasteiger partial charge in [-0.1, -0.05) is 48.5 Å². The molecule has 1 heterocycles. The molecule has 4 nitrogen and oxygen atoms in total. The highest BCUT2D eigenvalue weighted by atomic mass is 32.1. The van der Waals surface area contributed by atoms with Gasteiger partial charge in [0.2, 0.25) is 0 Å². The Labute approximate surface area is 204 Å². The molecule has 0 amide bonds. The molecule has 4 rings (SSSR count). The predicted octanol–water partition coefficient (Wildman–Crippen LogP) is 5.92. The summed E-state index contributed by atoms with van der Waals surface area (Å²) in [6.45, 7) is 6.87. The maximum absolute atomic E-state index is 13.5. The Morgan fingerprint density at radius 3 is 2.44 bits per heavy atom. The second-order valence-corrected chi connectivity index (χ2v) is 9.12. The van der Waals surface area contributed by atoms with E-state index in [-0.39, 0.29) is 17.4 Å². The molecule has 0 unspecified atom stereocenters. The van der Waals surface area contributed by atoms with Crippen LogP contribution in [0.15, 0.2) is 77.6 Å². The summed E-state index contributed by atoms with van der Waals surface area (Å²) in [6.07, 6.45) is 0. The summed E-state index contributed by atoms with van der Waals surface area (Å²) in [5.41, 5.74) is 5.54. The molecule has 0 aliphatic rings. The summed E-state index contributed by atoms with van der Waals surface area (Å²) in [4.78, 5) is 17.9. The molecule has 3 aromatic carbocycles. The highest BCUT2D eigenvalue weighted by Crippen LogP contribution is 2.20. The summed E-state index contributed by atoms with van der Waals surface area (Å²) in [6, 6.07) is 22.4. The van der Waals surface area contributed by atoms with E-state index in [1.807, 2.05) is 68.1 Å². The SMILES string of the molecule is Cc1cc(C)c2cc(CN(Cc3ccc(F)cc3)C(=S)N[C@H](C)c3ccccc3)c(=O)[nH]c2c1. The van der Waals surface area contributed by atoms with Gasteiger partial charge in [-0.15, -0.1) is 0 Å². The number of halogens is 1. The van der Waals surface area contributed by atoms with Crippen molar-refractivity contribution in [2.45, 2.75) is 39.9 Å². The lowest BCUT2D eigenvalue weighted by Gasteiger charge is -2.28. The minimum absolute atomic E-state index is 0.00970. The minimum Gasteiger partial charge on any atom is -0.356 e. The van der Waals surface area contributed by atoms with Gasteiger partial charge in [0.05, 0.1) is 12.6 Å². The number of hydrogen-bond donors (Lipinski definition) is 2. The quantitative estimate of drug-likeness (QED) is 0.341. The van der Waals surface area contributed by atoms with Gasteiger partial charge in [0.1, 0.15) is 5.82 Å². The second kappa shape index (κ2) is 10.2. The number of thiocarbonyl (C=S) groups is 1. The molecule has 0 aliphatic heterocycles. The van der Waals surface area contributed by atoms with Crippen molar-refractivity contribution in [3.05, 3.63) is 117 Å². The van der Waals surface area contributed by atoms with Crippen molar-refractivity contribution in [1.29, 1.82) is 0 Å². The maximum Gasteiger partial charge on any atom is 0.253 e. The maximum atomic E-state index is 13.5. The van der Waals surface area contributed by atoms with Gasteiger partial charge in [-0.2, -0.15) is 0 Å². The van der Waals surface area contributed by atoms with Crippen molar-refractivity contribution in [2.75, 3.05) is 0 Å². The summed E-state index contributed by atoms with van der Waals surface area (Å²) in [7, 11) is 0. The molecule has 174 valence electrons. The third-order valence-electron chi connectivity index (χ3n) is 5.96. The number of nitrogens with zero attached hydrogens (tertiary/aromatic N) is 1. The first-order valence-electron chi connectivity index (χ1n) is 11.3. The fraction of sp³-hybridized carbons (Fsp3) is 0.214. The average Bonchev–Trinajstić information content (AvgIpc) is 2.81. The van der Waals surface area contributed by atoms with Crippen molar-refractivity contribution < 1.29 is 4.39 Å².